The molecule has 0 saturated carbocycles. The van der Waals surface area contributed by atoms with Crippen molar-refractivity contribution in [3.8, 4) is 0 Å². The second-order valence-electron chi connectivity index (χ2n) is 14.5. The SMILES string of the molecule is COP(=O)(/C=C/C(CO)NC(=O)Cn1ccc(=O)[nH]c1=O)OC.COP(=O)(/C=C/C(CO[Si](c1ccccc1)(c1ccccc1)C(C)(C)C)NC(=O)Cn1ccc(=O)[nH]c1=O)OC.F.N. The molecule has 25 heteroatoms. The van der Waals surface area contributed by atoms with Gasteiger partial charge in [-0.15, -0.1) is 0 Å². The molecule has 0 spiro atoms. The highest BCUT2D eigenvalue weighted by Crippen LogP contribution is 2.48. The highest BCUT2D eigenvalue weighted by molar-refractivity contribution is 7.57. The van der Waals surface area contributed by atoms with Gasteiger partial charge in [0.05, 0.1) is 25.3 Å². The smallest absolute Gasteiger partial charge is 0.353 e. The molecular formula is C40H58FN7O14P2Si. The van der Waals surface area contributed by atoms with Crippen LogP contribution in [0.3, 0.4) is 0 Å². The molecule has 2 aromatic carbocycles. The molecule has 2 amide bonds. The van der Waals surface area contributed by atoms with Crippen molar-refractivity contribution in [3.63, 3.8) is 0 Å². The maximum absolute atomic E-state index is 13.0. The minimum Gasteiger partial charge on any atom is -0.405 e. The van der Waals surface area contributed by atoms with Crippen LogP contribution >= 0.6 is 15.2 Å². The number of halogens is 1. The number of amides is 2. The summed E-state index contributed by atoms with van der Waals surface area (Å²) in [6, 6.07) is 20.7. The molecular weight excluding hydrogens is 912 g/mol. The van der Waals surface area contributed by atoms with E-state index >= 15 is 0 Å². The number of carbonyl (C=O) groups excluding carboxylic acids is 2. The van der Waals surface area contributed by atoms with Crippen molar-refractivity contribution in [2.45, 2.75) is 51.0 Å². The van der Waals surface area contributed by atoms with Crippen molar-refractivity contribution in [2.24, 2.45) is 0 Å². The molecule has 0 fully saturated rings. The van der Waals surface area contributed by atoms with Crippen molar-refractivity contribution in [1.29, 1.82) is 0 Å². The predicted octanol–water partition coefficient (Wildman–Crippen LogP) is 1.93. The molecule has 0 aliphatic rings. The van der Waals surface area contributed by atoms with Crippen LogP contribution < -0.4 is 49.7 Å². The minimum absolute atomic E-state index is 0. The second kappa shape index (κ2) is 26.5. The number of aromatic nitrogens is 4. The molecule has 0 saturated heterocycles. The highest BCUT2D eigenvalue weighted by Gasteiger charge is 2.50. The van der Waals surface area contributed by atoms with Crippen LogP contribution in [0, 0.1) is 0 Å². The van der Waals surface area contributed by atoms with Crippen LogP contribution in [0.25, 0.3) is 0 Å². The van der Waals surface area contributed by atoms with Gasteiger partial charge in [0.25, 0.3) is 19.4 Å². The number of carbonyl (C=O) groups is 2. The standard InChI is InChI=1S/C28H36N3O7PSi.C12H18N3O7P.FH.H3N/c1-28(2,3)40(23-12-8-6-9-13-23,24-14-10-7-11-15-24)38-21-22(17-19-39(35,36-4)37-5)29-26(33)20-31-18-16-25(32)30-27(31)34;1-21-23(20,22-2)6-4-9(8-16)13-11(18)7-15-5-3-10(17)14-12(15)19;;/h6-19,22H,20-21H2,1-5H3,(H,29,33)(H,30,32,34);3-6,9,16H,7-8H2,1-2H3,(H,13,18)(H,14,17,19);1H;1H3/b19-17+;6-4+;;. The van der Waals surface area contributed by atoms with Crippen molar-refractivity contribution in [1.82, 2.24) is 35.9 Å². The van der Waals surface area contributed by atoms with Crippen molar-refractivity contribution < 1.29 is 51.1 Å². The molecule has 358 valence electrons. The van der Waals surface area contributed by atoms with Crippen molar-refractivity contribution in [3.05, 3.63) is 151 Å². The molecule has 2 atom stereocenters. The molecule has 8 N–H and O–H groups in total. The summed E-state index contributed by atoms with van der Waals surface area (Å²) in [5.74, 6) is 1.28. The molecule has 0 bridgehead atoms. The van der Waals surface area contributed by atoms with Gasteiger partial charge in [0.15, 0.2) is 0 Å². The fraction of sp³-hybridized carbons (Fsp3) is 0.350. The van der Waals surface area contributed by atoms with E-state index in [2.05, 4.69) is 69.7 Å². The summed E-state index contributed by atoms with van der Waals surface area (Å²) >= 11 is 0. The van der Waals surface area contributed by atoms with Crippen LogP contribution in [0.15, 0.2) is 128 Å². The number of nitrogens with zero attached hydrogens (tertiary/aromatic N) is 2. The van der Waals surface area contributed by atoms with Crippen molar-refractivity contribution >= 4 is 45.7 Å². The van der Waals surface area contributed by atoms with E-state index in [0.29, 0.717) is 0 Å². The zero-order chi connectivity index (χ0) is 46.8. The maximum atomic E-state index is 13.0. The molecule has 0 radical (unpaired) electrons. The number of benzene rings is 2. The largest absolute Gasteiger partial charge is 0.405 e. The lowest BCUT2D eigenvalue weighted by Crippen LogP contribution is -2.67. The summed E-state index contributed by atoms with van der Waals surface area (Å²) in [5, 5.41) is 16.3. The van der Waals surface area contributed by atoms with Gasteiger partial charge in [-0.25, -0.2) is 9.59 Å². The first-order chi connectivity index (χ1) is 29.8. The lowest BCUT2D eigenvalue weighted by Gasteiger charge is -2.43. The van der Waals surface area contributed by atoms with Crippen LogP contribution in [0.4, 0.5) is 4.70 Å². The van der Waals surface area contributed by atoms with Gasteiger partial charge in [-0.3, -0.25) is 52.1 Å². The van der Waals surface area contributed by atoms with Crippen molar-refractivity contribution in [2.75, 3.05) is 41.7 Å². The summed E-state index contributed by atoms with van der Waals surface area (Å²) < 4.78 is 53.0. The van der Waals surface area contributed by atoms with E-state index in [-0.39, 0.29) is 35.6 Å². The van der Waals surface area contributed by atoms with Crippen LogP contribution in [0.1, 0.15) is 20.8 Å². The Balaban J connectivity index is 0.000000724. The molecule has 4 rings (SSSR count). The Labute approximate surface area is 375 Å². The van der Waals surface area contributed by atoms with E-state index in [9.17, 15) is 43.0 Å². The topological polar surface area (TPSA) is 303 Å². The molecule has 0 aliphatic heterocycles. The second-order valence-corrected chi connectivity index (χ2v) is 23.0. The van der Waals surface area contributed by atoms with Gasteiger partial charge in [0.2, 0.25) is 11.8 Å². The van der Waals surface area contributed by atoms with Crippen LogP contribution in [-0.4, -0.2) is 98.1 Å². The number of aromatic amines is 2. The Bertz CT molecular complexity index is 2470. The quantitative estimate of drug-likeness (QED) is 0.0545. The number of hydrogen-bond acceptors (Lipinski definition) is 15. The number of hydrogen-bond donors (Lipinski definition) is 6. The summed E-state index contributed by atoms with van der Waals surface area (Å²) in [6.45, 7) is 5.27. The zero-order valence-corrected chi connectivity index (χ0v) is 39.8. The van der Waals surface area contributed by atoms with Gasteiger partial charge < -0.3 is 44.4 Å². The summed E-state index contributed by atoms with van der Waals surface area (Å²) in [4.78, 5) is 74.9. The van der Waals surface area contributed by atoms with Gasteiger partial charge >= 0.3 is 26.6 Å². The monoisotopic (exact) mass is 969 g/mol. The summed E-state index contributed by atoms with van der Waals surface area (Å²) in [7, 11) is -4.98. The van der Waals surface area contributed by atoms with Gasteiger partial charge in [0, 0.05) is 64.6 Å². The number of aliphatic hydroxyl groups excluding tert-OH is 1. The Morgan fingerprint density at radius 2 is 1.06 bits per heavy atom. The third-order valence-corrected chi connectivity index (χ3v) is 17.3. The van der Waals surface area contributed by atoms with Crippen LogP contribution in [-0.2, 0) is 54.3 Å². The number of aliphatic hydroxyl groups is 1. The van der Waals surface area contributed by atoms with Crippen LogP contribution in [0.5, 0.6) is 0 Å². The lowest BCUT2D eigenvalue weighted by molar-refractivity contribution is -0.123. The fourth-order valence-electron chi connectivity index (χ4n) is 6.04. The molecule has 65 heavy (non-hydrogen) atoms. The lowest BCUT2D eigenvalue weighted by atomic mass is 10.2. The molecule has 2 aromatic heterocycles. The average molecular weight is 970 g/mol. The van der Waals surface area contributed by atoms with Gasteiger partial charge in [-0.1, -0.05) is 93.6 Å². The van der Waals surface area contributed by atoms with E-state index in [0.717, 1.165) is 37.5 Å². The maximum Gasteiger partial charge on any atom is 0.353 e. The third-order valence-electron chi connectivity index (χ3n) is 9.23. The van der Waals surface area contributed by atoms with E-state index < -0.39 is 76.5 Å². The Morgan fingerprint density at radius 1 is 0.692 bits per heavy atom. The third kappa shape index (κ3) is 16.8. The molecule has 2 heterocycles. The fourth-order valence-corrected chi connectivity index (χ4v) is 12.2. The predicted molar refractivity (Wildman–Crippen MR) is 246 cm³/mol. The van der Waals surface area contributed by atoms with Gasteiger partial charge in [-0.2, -0.15) is 0 Å². The molecule has 4 aromatic rings. The highest BCUT2D eigenvalue weighted by atomic mass is 31.2. The molecule has 0 aliphatic carbocycles. The Morgan fingerprint density at radius 3 is 1.40 bits per heavy atom. The summed E-state index contributed by atoms with van der Waals surface area (Å²) in [6.07, 6.45) is 5.20. The van der Waals surface area contributed by atoms with E-state index in [1.807, 2.05) is 41.4 Å². The van der Waals surface area contributed by atoms with Crippen LogP contribution in [0.2, 0.25) is 5.04 Å². The first kappa shape index (κ1) is 57.6. The normalized spacial score (nSPS) is 12.9. The van der Waals surface area contributed by atoms with E-state index in [1.165, 1.54) is 58.8 Å². The summed E-state index contributed by atoms with van der Waals surface area (Å²) in [5.41, 5.74) is -2.57. The Kier molecular flexibility index (Phi) is 23.5. The Hall–Kier alpha value is -5.45. The van der Waals surface area contributed by atoms with E-state index in [4.69, 9.17) is 13.5 Å². The zero-order valence-electron chi connectivity index (χ0n) is 37.0. The van der Waals surface area contributed by atoms with E-state index in [1.54, 1.807) is 0 Å². The first-order valence-electron chi connectivity index (χ1n) is 19.1. The first-order valence-corrected chi connectivity index (χ1v) is 24.3. The number of nitrogens with one attached hydrogen (secondary N) is 4. The minimum atomic E-state index is -3.54. The average Bonchev–Trinajstić information content (AvgIpc) is 3.26. The number of rotatable bonds is 20. The molecule has 2 unspecified atom stereocenters. The van der Waals surface area contributed by atoms with Gasteiger partial charge in [-0.05, 0) is 15.4 Å². The van der Waals surface area contributed by atoms with Gasteiger partial charge in [0.1, 0.15) is 13.1 Å². The molecule has 21 nitrogen and oxygen atoms in total. The number of H-pyrrole nitrogens is 2.